The average molecular weight is 285 g/mol. The molecule has 0 radical (unpaired) electrons. The molecule has 0 amide bonds. The van der Waals surface area contributed by atoms with Crippen LogP contribution in [0.25, 0.3) is 0 Å². The minimum Gasteiger partial charge on any atom is -0.726 e. The zero-order valence-electron chi connectivity index (χ0n) is 10.8. The van der Waals surface area contributed by atoms with Crippen LogP contribution in [0.5, 0.6) is 0 Å². The number of hydrogen-bond donors (Lipinski definition) is 2. The highest BCUT2D eigenvalue weighted by Gasteiger charge is 2.12. The summed E-state index contributed by atoms with van der Waals surface area (Å²) in [6, 6.07) is 0. The van der Waals surface area contributed by atoms with Gasteiger partial charge in [-0.05, 0) is 0 Å². The highest BCUT2D eigenvalue weighted by molar-refractivity contribution is 7.80. The molecule has 8 nitrogen and oxygen atoms in total. The van der Waals surface area contributed by atoms with Crippen LogP contribution in [0.1, 0.15) is 6.92 Å². The number of carbonyl (C=O) groups excluding carboxylic acids is 1. The van der Waals surface area contributed by atoms with E-state index in [2.05, 4.69) is 10.8 Å². The van der Waals surface area contributed by atoms with E-state index >= 15 is 0 Å². The van der Waals surface area contributed by atoms with Crippen molar-refractivity contribution in [2.24, 2.45) is 0 Å². The van der Waals surface area contributed by atoms with E-state index in [-0.39, 0.29) is 6.23 Å². The maximum absolute atomic E-state index is 10.3. The van der Waals surface area contributed by atoms with Crippen molar-refractivity contribution in [2.45, 2.75) is 13.2 Å². The van der Waals surface area contributed by atoms with Crippen LogP contribution < -0.4 is 0 Å². The normalized spacial score (nSPS) is 13.2. The molecule has 18 heavy (non-hydrogen) atoms. The Morgan fingerprint density at radius 2 is 1.78 bits per heavy atom. The van der Waals surface area contributed by atoms with E-state index in [1.54, 1.807) is 6.92 Å². The van der Waals surface area contributed by atoms with E-state index in [1.807, 2.05) is 21.1 Å². The molecule has 0 spiro atoms. The number of ketones is 1. The second kappa shape index (κ2) is 7.44. The lowest BCUT2D eigenvalue weighted by molar-refractivity contribution is -0.916. The largest absolute Gasteiger partial charge is 0.726 e. The Hall–Kier alpha value is -1.00. The van der Waals surface area contributed by atoms with E-state index in [0.717, 1.165) is 0 Å². The number of hydrogen-bond acceptors (Lipinski definition) is 7. The molecule has 0 rings (SSSR count). The van der Waals surface area contributed by atoms with Crippen molar-refractivity contribution in [3.8, 4) is 0 Å². The number of aliphatic hydroxyl groups excluding tert-OH is 2. The molecule has 0 aromatic rings. The second-order valence-electron chi connectivity index (χ2n) is 4.29. The zero-order chi connectivity index (χ0) is 15.1. The van der Waals surface area contributed by atoms with Gasteiger partial charge in [0.2, 0.25) is 16.2 Å². The molecule has 9 heteroatoms. The van der Waals surface area contributed by atoms with Gasteiger partial charge in [0.05, 0.1) is 21.1 Å². The summed E-state index contributed by atoms with van der Waals surface area (Å²) < 4.78 is 33.3. The van der Waals surface area contributed by atoms with Crippen LogP contribution >= 0.6 is 0 Å². The van der Waals surface area contributed by atoms with Gasteiger partial charge in [-0.1, -0.05) is 6.58 Å². The van der Waals surface area contributed by atoms with Crippen LogP contribution in [0.3, 0.4) is 0 Å². The number of carbonyl (C=O) groups is 1. The predicted molar refractivity (Wildman–Crippen MR) is 62.1 cm³/mol. The Labute approximate surface area is 107 Å². The molecule has 0 aliphatic rings. The van der Waals surface area contributed by atoms with E-state index in [0.29, 0.717) is 4.48 Å². The van der Waals surface area contributed by atoms with Crippen LogP contribution in [0, 0.1) is 0 Å². The molecule has 0 heterocycles. The van der Waals surface area contributed by atoms with Crippen LogP contribution in [0.4, 0.5) is 0 Å². The Kier molecular flexibility index (Phi) is 7.99. The number of quaternary nitrogens is 1. The minimum atomic E-state index is -4.88. The highest BCUT2D eigenvalue weighted by Crippen LogP contribution is 1.94. The molecular weight excluding hydrogens is 266 g/mol. The van der Waals surface area contributed by atoms with Crippen LogP contribution in [-0.4, -0.2) is 67.4 Å². The second-order valence-corrected chi connectivity index (χ2v) is 5.34. The summed E-state index contributed by atoms with van der Waals surface area (Å²) >= 11 is 0. The van der Waals surface area contributed by atoms with Gasteiger partial charge in [0, 0.05) is 6.92 Å². The smallest absolute Gasteiger partial charge is 0.223 e. The molecule has 1 atom stereocenters. The first-order valence-corrected chi connectivity index (χ1v) is 6.11. The van der Waals surface area contributed by atoms with Crippen molar-refractivity contribution in [1.29, 1.82) is 0 Å². The van der Waals surface area contributed by atoms with Crippen molar-refractivity contribution >= 4 is 16.2 Å². The first-order chi connectivity index (χ1) is 7.77. The topological polar surface area (TPSA) is 124 Å². The summed E-state index contributed by atoms with van der Waals surface area (Å²) in [5.74, 6) is -1.90. The zero-order valence-corrected chi connectivity index (χ0v) is 11.6. The lowest BCUT2D eigenvalue weighted by Gasteiger charge is -2.26. The summed E-state index contributed by atoms with van der Waals surface area (Å²) in [7, 11) is 0.971. The van der Waals surface area contributed by atoms with Gasteiger partial charge < -0.3 is 19.2 Å². The molecule has 0 saturated heterocycles. The summed E-state index contributed by atoms with van der Waals surface area (Å²) in [4.78, 5) is 10.3. The Morgan fingerprint density at radius 3 is 1.94 bits per heavy atom. The summed E-state index contributed by atoms with van der Waals surface area (Å²) in [5.41, 5.74) is 0. The first kappa shape index (κ1) is 19.3. The summed E-state index contributed by atoms with van der Waals surface area (Å²) in [5, 5.41) is 17.2. The minimum absolute atomic E-state index is 0.264. The van der Waals surface area contributed by atoms with Crippen molar-refractivity contribution in [2.75, 3.05) is 27.7 Å². The quantitative estimate of drug-likeness (QED) is 0.168. The van der Waals surface area contributed by atoms with Crippen LogP contribution in [0.15, 0.2) is 12.3 Å². The lowest BCUT2D eigenvalue weighted by Crippen LogP contribution is -2.42. The fourth-order valence-electron chi connectivity index (χ4n) is 0.209. The van der Waals surface area contributed by atoms with E-state index in [4.69, 9.17) is 10.2 Å². The average Bonchev–Trinajstić information content (AvgIpc) is 2.12. The van der Waals surface area contributed by atoms with E-state index < -0.39 is 28.5 Å². The van der Waals surface area contributed by atoms with Gasteiger partial charge in [0.15, 0.2) is 12.0 Å². The Morgan fingerprint density at radius 1 is 1.44 bits per heavy atom. The van der Waals surface area contributed by atoms with Crippen molar-refractivity contribution in [3.05, 3.63) is 12.3 Å². The number of rotatable bonds is 5. The molecule has 0 saturated carbocycles. The molecule has 2 N–H and O–H groups in total. The van der Waals surface area contributed by atoms with Gasteiger partial charge in [-0.2, -0.15) is 0 Å². The van der Waals surface area contributed by atoms with E-state index in [1.165, 1.54) is 0 Å². The van der Waals surface area contributed by atoms with Crippen molar-refractivity contribution in [1.82, 2.24) is 0 Å². The third kappa shape index (κ3) is 13.1. The molecule has 108 valence electrons. The summed E-state index contributed by atoms with van der Waals surface area (Å²) in [6.45, 7) is 3.55. The predicted octanol–water partition coefficient (Wildman–Crippen LogP) is -0.865. The fraction of sp³-hybridized carbons (Fsp3) is 0.667. The molecule has 0 aromatic heterocycles. The molecular formula is C9H19NO7S. The number of aliphatic hydroxyl groups is 2. The number of nitrogens with zero attached hydrogens (tertiary/aromatic N) is 1. The highest BCUT2D eigenvalue weighted by atomic mass is 32.3. The fourth-order valence-corrected chi connectivity index (χ4v) is 0.460. The Balaban J connectivity index is 0. The molecule has 0 aliphatic heterocycles. The van der Waals surface area contributed by atoms with Gasteiger partial charge in [-0.3, -0.25) is 8.98 Å². The van der Waals surface area contributed by atoms with Crippen molar-refractivity contribution < 1.29 is 36.6 Å². The monoisotopic (exact) mass is 285 g/mol. The maximum atomic E-state index is 10.3. The van der Waals surface area contributed by atoms with Gasteiger partial charge in [-0.25, -0.2) is 8.42 Å². The third-order valence-corrected chi connectivity index (χ3v) is 2.18. The van der Waals surface area contributed by atoms with Crippen LogP contribution in [0.2, 0.25) is 0 Å². The molecule has 0 bridgehead atoms. The molecule has 1 unspecified atom stereocenters. The van der Waals surface area contributed by atoms with Crippen LogP contribution in [-0.2, 0) is 19.4 Å². The maximum Gasteiger partial charge on any atom is 0.223 e. The van der Waals surface area contributed by atoms with E-state index in [9.17, 15) is 17.8 Å². The van der Waals surface area contributed by atoms with Gasteiger partial charge in [-0.15, -0.1) is 0 Å². The standard InChI is InChI=1S/C5H14NO.C4H6O6S/c1-5(7)6(2,3)4;1-3(5)4(6)2-10-11(7,8)9/h5,7H,1-4H3;5H,1-2H2,(H,7,8,9)/q+1;/p-1. The van der Waals surface area contributed by atoms with Crippen molar-refractivity contribution in [3.63, 3.8) is 0 Å². The third-order valence-electron chi connectivity index (χ3n) is 1.78. The number of Topliss-reactive ketones (excluding diaryl/α,β-unsaturated/α-hetero) is 1. The first-order valence-electron chi connectivity index (χ1n) is 4.78. The molecule has 0 fully saturated rings. The SMILES string of the molecule is C=C(O)C(=O)COS(=O)(=O)[O-].CC(O)[N+](C)(C)C. The molecule has 0 aliphatic carbocycles. The van der Waals surface area contributed by atoms with Gasteiger partial charge in [0.1, 0.15) is 6.61 Å². The van der Waals surface area contributed by atoms with Gasteiger partial charge >= 0.3 is 0 Å². The summed E-state index contributed by atoms with van der Waals surface area (Å²) in [6.07, 6.45) is -0.264. The Bertz CT molecular complexity index is 380. The molecule has 0 aromatic carbocycles. The lowest BCUT2D eigenvalue weighted by atomic mass is 10.4. The van der Waals surface area contributed by atoms with Gasteiger partial charge in [0.25, 0.3) is 0 Å².